The summed E-state index contributed by atoms with van der Waals surface area (Å²) in [7, 11) is 1.68. The van der Waals surface area contributed by atoms with E-state index in [4.69, 9.17) is 14.5 Å². The van der Waals surface area contributed by atoms with Crippen molar-refractivity contribution >= 4 is 5.96 Å². The second kappa shape index (κ2) is 13.4. The quantitative estimate of drug-likeness (QED) is 0.346. The highest BCUT2D eigenvalue weighted by Gasteiger charge is 2.17. The molecule has 1 aromatic rings. The monoisotopic (exact) mass is 390 g/mol. The van der Waals surface area contributed by atoms with Crippen LogP contribution in [0.1, 0.15) is 45.1 Å². The Kier molecular flexibility index (Phi) is 10.8. The van der Waals surface area contributed by atoms with E-state index in [2.05, 4.69) is 35.4 Å². The van der Waals surface area contributed by atoms with Crippen LogP contribution in [-0.4, -0.2) is 63.4 Å². The van der Waals surface area contributed by atoms with Gasteiger partial charge in [0.05, 0.1) is 13.2 Å². The molecular formula is C22H38N4O2. The molecule has 158 valence electrons. The van der Waals surface area contributed by atoms with Crippen molar-refractivity contribution in [1.29, 1.82) is 0 Å². The first-order valence-electron chi connectivity index (χ1n) is 10.7. The van der Waals surface area contributed by atoms with Crippen molar-refractivity contribution < 1.29 is 9.47 Å². The molecule has 0 aromatic heterocycles. The van der Waals surface area contributed by atoms with E-state index in [1.54, 1.807) is 7.11 Å². The molecule has 0 bridgehead atoms. The summed E-state index contributed by atoms with van der Waals surface area (Å²) in [4.78, 5) is 7.34. The average Bonchev–Trinajstić information content (AvgIpc) is 2.71. The Morgan fingerprint density at radius 1 is 1.25 bits per heavy atom. The van der Waals surface area contributed by atoms with Crippen LogP contribution in [0.15, 0.2) is 29.3 Å². The molecule has 2 N–H and O–H groups in total. The van der Waals surface area contributed by atoms with Gasteiger partial charge >= 0.3 is 0 Å². The van der Waals surface area contributed by atoms with Gasteiger partial charge in [-0.05, 0) is 57.4 Å². The predicted octanol–water partition coefficient (Wildman–Crippen LogP) is 3.03. The highest BCUT2D eigenvalue weighted by Crippen LogP contribution is 2.16. The van der Waals surface area contributed by atoms with Crippen LogP contribution in [0, 0.1) is 0 Å². The maximum Gasteiger partial charge on any atom is 0.191 e. The highest BCUT2D eigenvalue weighted by atomic mass is 16.5. The number of guanidine groups is 1. The number of ether oxygens (including phenoxy) is 2. The third-order valence-corrected chi connectivity index (χ3v) is 5.07. The first kappa shape index (κ1) is 22.5. The number of piperidine rings is 1. The molecule has 1 atom stereocenters. The van der Waals surface area contributed by atoms with E-state index in [0.717, 1.165) is 49.4 Å². The molecule has 1 aliphatic heterocycles. The Balaban J connectivity index is 1.77. The number of nitrogens with zero attached hydrogens (tertiary/aromatic N) is 2. The fraction of sp³-hybridized carbons (Fsp3) is 0.682. The Morgan fingerprint density at radius 2 is 2.14 bits per heavy atom. The fourth-order valence-electron chi connectivity index (χ4n) is 3.47. The van der Waals surface area contributed by atoms with Crippen molar-refractivity contribution in [3.63, 3.8) is 0 Å². The molecule has 2 rings (SSSR count). The van der Waals surface area contributed by atoms with Crippen LogP contribution in [0.2, 0.25) is 0 Å². The van der Waals surface area contributed by atoms with Gasteiger partial charge in [0.15, 0.2) is 5.96 Å². The number of benzene rings is 1. The van der Waals surface area contributed by atoms with E-state index in [9.17, 15) is 0 Å². The summed E-state index contributed by atoms with van der Waals surface area (Å²) in [5.74, 6) is 1.73. The highest BCUT2D eigenvalue weighted by molar-refractivity contribution is 5.79. The standard InChI is InChI=1S/C22H38N4O2/c1-4-23-22(24-12-8-14-26-13-6-5-9-19(26)2)25-18-20-10-7-11-21(17-20)28-16-15-27-3/h7,10-11,17,19H,4-6,8-9,12-16,18H2,1-3H3,(H2,23,24,25). The average molecular weight is 391 g/mol. The van der Waals surface area contributed by atoms with Gasteiger partial charge in [0.25, 0.3) is 0 Å². The molecule has 0 spiro atoms. The van der Waals surface area contributed by atoms with Gasteiger partial charge in [-0.1, -0.05) is 18.6 Å². The summed E-state index contributed by atoms with van der Waals surface area (Å²) in [5.41, 5.74) is 1.13. The summed E-state index contributed by atoms with van der Waals surface area (Å²) >= 11 is 0. The Hall–Kier alpha value is -1.79. The van der Waals surface area contributed by atoms with Crippen molar-refractivity contribution in [2.24, 2.45) is 4.99 Å². The number of rotatable bonds is 11. The Bertz CT molecular complexity index is 579. The number of nitrogens with one attached hydrogen (secondary N) is 2. The third-order valence-electron chi connectivity index (χ3n) is 5.07. The van der Waals surface area contributed by atoms with Crippen LogP contribution < -0.4 is 15.4 Å². The van der Waals surface area contributed by atoms with Gasteiger partial charge in [-0.15, -0.1) is 0 Å². The van der Waals surface area contributed by atoms with E-state index >= 15 is 0 Å². The minimum absolute atomic E-state index is 0.559. The summed E-state index contributed by atoms with van der Waals surface area (Å²) in [6.07, 6.45) is 5.20. The molecular weight excluding hydrogens is 352 g/mol. The van der Waals surface area contributed by atoms with Crippen LogP contribution >= 0.6 is 0 Å². The summed E-state index contributed by atoms with van der Waals surface area (Å²) in [5, 5.41) is 6.80. The molecule has 1 saturated heterocycles. The van der Waals surface area contributed by atoms with Crippen LogP contribution in [0.25, 0.3) is 0 Å². The van der Waals surface area contributed by atoms with E-state index in [1.807, 2.05) is 18.2 Å². The minimum atomic E-state index is 0.559. The van der Waals surface area contributed by atoms with Gasteiger partial charge in [-0.2, -0.15) is 0 Å². The molecule has 6 nitrogen and oxygen atoms in total. The smallest absolute Gasteiger partial charge is 0.191 e. The molecule has 0 amide bonds. The SMILES string of the molecule is CCNC(=NCc1cccc(OCCOC)c1)NCCCN1CCCCC1C. The molecule has 1 fully saturated rings. The second-order valence-electron chi connectivity index (χ2n) is 7.34. The van der Waals surface area contributed by atoms with Crippen LogP contribution in [0.4, 0.5) is 0 Å². The molecule has 1 aromatic carbocycles. The molecule has 0 radical (unpaired) electrons. The zero-order valence-electron chi connectivity index (χ0n) is 17.9. The van der Waals surface area contributed by atoms with Crippen molar-refractivity contribution in [3.8, 4) is 5.75 Å². The van der Waals surface area contributed by atoms with Crippen molar-refractivity contribution in [1.82, 2.24) is 15.5 Å². The summed E-state index contributed by atoms with van der Waals surface area (Å²) in [6, 6.07) is 8.82. The van der Waals surface area contributed by atoms with Gasteiger partial charge in [0.1, 0.15) is 12.4 Å². The molecule has 28 heavy (non-hydrogen) atoms. The Morgan fingerprint density at radius 3 is 2.93 bits per heavy atom. The topological polar surface area (TPSA) is 58.1 Å². The van der Waals surface area contributed by atoms with Gasteiger partial charge in [0.2, 0.25) is 0 Å². The van der Waals surface area contributed by atoms with Gasteiger partial charge in [-0.25, -0.2) is 4.99 Å². The van der Waals surface area contributed by atoms with E-state index < -0.39 is 0 Å². The summed E-state index contributed by atoms with van der Waals surface area (Å²) < 4.78 is 10.7. The summed E-state index contributed by atoms with van der Waals surface area (Å²) in [6.45, 7) is 10.4. The lowest BCUT2D eigenvalue weighted by Gasteiger charge is -2.33. The maximum absolute atomic E-state index is 5.68. The lowest BCUT2D eigenvalue weighted by molar-refractivity contribution is 0.146. The molecule has 0 saturated carbocycles. The fourth-order valence-corrected chi connectivity index (χ4v) is 3.47. The normalized spacial score (nSPS) is 18.1. The number of likely N-dealkylation sites (tertiary alicyclic amines) is 1. The van der Waals surface area contributed by atoms with E-state index in [0.29, 0.717) is 19.8 Å². The van der Waals surface area contributed by atoms with Crippen LogP contribution in [0.5, 0.6) is 5.75 Å². The van der Waals surface area contributed by atoms with Crippen molar-refractivity contribution in [2.45, 2.75) is 52.1 Å². The van der Waals surface area contributed by atoms with E-state index in [-0.39, 0.29) is 0 Å². The maximum atomic E-state index is 5.68. The first-order valence-corrected chi connectivity index (χ1v) is 10.7. The minimum Gasteiger partial charge on any atom is -0.491 e. The third kappa shape index (κ3) is 8.48. The molecule has 1 aliphatic rings. The number of aliphatic imine (C=N–C) groups is 1. The number of hydrogen-bond donors (Lipinski definition) is 2. The van der Waals surface area contributed by atoms with Gasteiger partial charge in [0, 0.05) is 32.8 Å². The van der Waals surface area contributed by atoms with Crippen LogP contribution in [-0.2, 0) is 11.3 Å². The van der Waals surface area contributed by atoms with Crippen molar-refractivity contribution in [3.05, 3.63) is 29.8 Å². The molecule has 1 heterocycles. The lowest BCUT2D eigenvalue weighted by atomic mass is 10.0. The van der Waals surface area contributed by atoms with Gasteiger partial charge < -0.3 is 25.0 Å². The predicted molar refractivity (Wildman–Crippen MR) is 116 cm³/mol. The number of hydrogen-bond acceptors (Lipinski definition) is 4. The first-order chi connectivity index (χ1) is 13.7. The Labute approximate surface area is 170 Å². The van der Waals surface area contributed by atoms with Crippen LogP contribution in [0.3, 0.4) is 0 Å². The molecule has 1 unspecified atom stereocenters. The molecule has 6 heteroatoms. The largest absolute Gasteiger partial charge is 0.491 e. The zero-order chi connectivity index (χ0) is 20.0. The van der Waals surface area contributed by atoms with Gasteiger partial charge in [-0.3, -0.25) is 0 Å². The van der Waals surface area contributed by atoms with Crippen molar-refractivity contribution in [2.75, 3.05) is 46.5 Å². The second-order valence-corrected chi connectivity index (χ2v) is 7.34. The molecule has 0 aliphatic carbocycles. The number of methoxy groups -OCH3 is 1. The zero-order valence-corrected chi connectivity index (χ0v) is 17.9. The van der Waals surface area contributed by atoms with E-state index in [1.165, 1.54) is 25.8 Å². The lowest BCUT2D eigenvalue weighted by Crippen LogP contribution is -2.41.